The number of hydrogen-bond acceptors (Lipinski definition) is 2. The predicted octanol–water partition coefficient (Wildman–Crippen LogP) is 1.28. The van der Waals surface area contributed by atoms with Gasteiger partial charge in [0.2, 0.25) is 5.91 Å². The summed E-state index contributed by atoms with van der Waals surface area (Å²) in [7, 11) is 0. The topological polar surface area (TPSA) is 60.2 Å². The van der Waals surface area contributed by atoms with Crippen LogP contribution >= 0.6 is 0 Å². The second-order valence-electron chi connectivity index (χ2n) is 2.75. The van der Waals surface area contributed by atoms with Gasteiger partial charge in [0.15, 0.2) is 6.29 Å². The molecule has 0 atom stereocenters. The Morgan fingerprint density at radius 1 is 1.27 bits per heavy atom. The summed E-state index contributed by atoms with van der Waals surface area (Å²) in [5.74, 6) is -2.68. The number of amides is 1. The van der Waals surface area contributed by atoms with Crippen molar-refractivity contribution in [2.45, 2.75) is 0 Å². The van der Waals surface area contributed by atoms with Crippen LogP contribution in [-0.2, 0) is 4.79 Å². The Labute approximate surface area is 84.2 Å². The first-order valence-electron chi connectivity index (χ1n) is 3.96. The van der Waals surface area contributed by atoms with Crippen molar-refractivity contribution in [3.05, 3.63) is 41.0 Å². The Bertz CT molecular complexity index is 418. The largest absolute Gasteiger partial charge is 0.366 e. The number of benzene rings is 1. The van der Waals surface area contributed by atoms with E-state index in [4.69, 9.17) is 5.73 Å². The van der Waals surface area contributed by atoms with Gasteiger partial charge in [-0.15, -0.1) is 0 Å². The summed E-state index contributed by atoms with van der Waals surface area (Å²) >= 11 is 0. The lowest BCUT2D eigenvalue weighted by atomic mass is 10.1. The van der Waals surface area contributed by atoms with Gasteiger partial charge < -0.3 is 5.73 Å². The van der Waals surface area contributed by atoms with Crippen LogP contribution in [0.5, 0.6) is 0 Å². The zero-order chi connectivity index (χ0) is 11.4. The molecule has 0 aliphatic rings. The maximum atomic E-state index is 13.0. The molecule has 3 nitrogen and oxygen atoms in total. The third-order valence-electron chi connectivity index (χ3n) is 1.66. The predicted molar refractivity (Wildman–Crippen MR) is 50.0 cm³/mol. The van der Waals surface area contributed by atoms with Crippen molar-refractivity contribution in [2.75, 3.05) is 0 Å². The van der Waals surface area contributed by atoms with E-state index in [1.165, 1.54) is 0 Å². The lowest BCUT2D eigenvalue weighted by molar-refractivity contribution is -0.113. The lowest BCUT2D eigenvalue weighted by Gasteiger charge is -1.99. The first kappa shape index (κ1) is 11.0. The minimum atomic E-state index is -0.978. The summed E-state index contributed by atoms with van der Waals surface area (Å²) in [4.78, 5) is 20.6. The molecular weight excluding hydrogens is 204 g/mol. The number of primary amides is 1. The molecule has 0 aliphatic heterocycles. The second kappa shape index (κ2) is 4.45. The molecule has 0 saturated heterocycles. The second-order valence-corrected chi connectivity index (χ2v) is 2.75. The van der Waals surface area contributed by atoms with Crippen LogP contribution in [0.2, 0.25) is 0 Å². The summed E-state index contributed by atoms with van der Waals surface area (Å²) < 4.78 is 26.0. The van der Waals surface area contributed by atoms with Gasteiger partial charge in [-0.2, -0.15) is 0 Å². The molecular formula is C10H7F2NO2. The lowest BCUT2D eigenvalue weighted by Crippen LogP contribution is -2.05. The van der Waals surface area contributed by atoms with Crippen LogP contribution in [0.1, 0.15) is 15.9 Å². The minimum absolute atomic E-state index is 0.0895. The molecule has 0 fully saturated rings. The van der Waals surface area contributed by atoms with E-state index in [-0.39, 0.29) is 11.8 Å². The zero-order valence-corrected chi connectivity index (χ0v) is 7.54. The number of aldehydes is 1. The van der Waals surface area contributed by atoms with Gasteiger partial charge in [0, 0.05) is 6.08 Å². The van der Waals surface area contributed by atoms with Crippen LogP contribution in [-0.4, -0.2) is 12.2 Å². The molecule has 0 spiro atoms. The van der Waals surface area contributed by atoms with Gasteiger partial charge in [-0.25, -0.2) is 8.78 Å². The van der Waals surface area contributed by atoms with E-state index in [1.807, 2.05) is 0 Å². The maximum Gasteiger partial charge on any atom is 0.241 e. The van der Waals surface area contributed by atoms with Crippen molar-refractivity contribution in [1.29, 1.82) is 0 Å². The molecule has 78 valence electrons. The SMILES string of the molecule is NC(=O)C=Cc1cc(F)c(C=O)c(F)c1. The fourth-order valence-electron chi connectivity index (χ4n) is 0.991. The molecule has 0 radical (unpaired) electrons. The van der Waals surface area contributed by atoms with Crippen molar-refractivity contribution < 1.29 is 18.4 Å². The minimum Gasteiger partial charge on any atom is -0.366 e. The average molecular weight is 211 g/mol. The van der Waals surface area contributed by atoms with E-state index >= 15 is 0 Å². The Morgan fingerprint density at radius 2 is 1.80 bits per heavy atom. The molecule has 1 aromatic rings. The number of halogens is 2. The van der Waals surface area contributed by atoms with E-state index in [0.29, 0.717) is 0 Å². The van der Waals surface area contributed by atoms with Gasteiger partial charge in [0.25, 0.3) is 0 Å². The van der Waals surface area contributed by atoms with Gasteiger partial charge in [0.1, 0.15) is 11.6 Å². The van der Waals surface area contributed by atoms with Crippen molar-refractivity contribution in [2.24, 2.45) is 5.73 Å². The van der Waals surface area contributed by atoms with Crippen molar-refractivity contribution >= 4 is 18.3 Å². The van der Waals surface area contributed by atoms with Gasteiger partial charge in [-0.05, 0) is 23.8 Å². The molecule has 5 heteroatoms. The van der Waals surface area contributed by atoms with Crippen molar-refractivity contribution in [1.82, 2.24) is 0 Å². The van der Waals surface area contributed by atoms with Gasteiger partial charge >= 0.3 is 0 Å². The standard InChI is InChI=1S/C10H7F2NO2/c11-8-3-6(1-2-10(13)15)4-9(12)7(8)5-14/h1-5H,(H2,13,15). The Balaban J connectivity index is 3.14. The molecule has 15 heavy (non-hydrogen) atoms. The van der Waals surface area contributed by atoms with Crippen LogP contribution in [0, 0.1) is 11.6 Å². The van der Waals surface area contributed by atoms with Crippen LogP contribution in [0.25, 0.3) is 6.08 Å². The molecule has 1 amide bonds. The highest BCUT2D eigenvalue weighted by Crippen LogP contribution is 2.14. The van der Waals surface area contributed by atoms with Crippen LogP contribution < -0.4 is 5.73 Å². The first-order chi connectivity index (χ1) is 7.04. The molecule has 2 N–H and O–H groups in total. The number of hydrogen-bond donors (Lipinski definition) is 1. The van der Waals surface area contributed by atoms with E-state index in [0.717, 1.165) is 24.3 Å². The number of rotatable bonds is 3. The fraction of sp³-hybridized carbons (Fsp3) is 0. The van der Waals surface area contributed by atoms with Crippen molar-refractivity contribution in [3.8, 4) is 0 Å². The summed E-state index contributed by atoms with van der Waals surface area (Å²) in [5.41, 5.74) is 4.29. The van der Waals surface area contributed by atoms with E-state index < -0.39 is 23.1 Å². The summed E-state index contributed by atoms with van der Waals surface area (Å²) in [6, 6.07) is 1.87. The van der Waals surface area contributed by atoms with Crippen LogP contribution in [0.4, 0.5) is 8.78 Å². The molecule has 0 unspecified atom stereocenters. The molecule has 0 heterocycles. The number of carbonyl (C=O) groups is 2. The van der Waals surface area contributed by atoms with Crippen LogP contribution in [0.15, 0.2) is 18.2 Å². The molecule has 1 aromatic carbocycles. The van der Waals surface area contributed by atoms with Gasteiger partial charge in [0.05, 0.1) is 5.56 Å². The molecule has 0 saturated carbocycles. The van der Waals surface area contributed by atoms with E-state index in [2.05, 4.69) is 0 Å². The first-order valence-corrected chi connectivity index (χ1v) is 3.96. The summed E-state index contributed by atoms with van der Waals surface area (Å²) in [5, 5.41) is 0. The molecule has 0 aliphatic carbocycles. The third-order valence-corrected chi connectivity index (χ3v) is 1.66. The average Bonchev–Trinajstić information content (AvgIpc) is 2.14. The summed E-state index contributed by atoms with van der Waals surface area (Å²) in [6.07, 6.45) is 2.21. The molecule has 1 rings (SSSR count). The Morgan fingerprint density at radius 3 is 2.20 bits per heavy atom. The highest BCUT2D eigenvalue weighted by Gasteiger charge is 2.08. The highest BCUT2D eigenvalue weighted by molar-refractivity contribution is 5.90. The van der Waals surface area contributed by atoms with Crippen LogP contribution in [0.3, 0.4) is 0 Å². The summed E-state index contributed by atoms with van der Waals surface area (Å²) in [6.45, 7) is 0. The maximum absolute atomic E-state index is 13.0. The monoisotopic (exact) mass is 211 g/mol. The van der Waals surface area contributed by atoms with E-state index in [9.17, 15) is 18.4 Å². The highest BCUT2D eigenvalue weighted by atomic mass is 19.1. The number of nitrogens with two attached hydrogens (primary N) is 1. The zero-order valence-electron chi connectivity index (χ0n) is 7.54. The van der Waals surface area contributed by atoms with E-state index in [1.54, 1.807) is 0 Å². The third kappa shape index (κ3) is 2.70. The fourth-order valence-corrected chi connectivity index (χ4v) is 0.991. The van der Waals surface area contributed by atoms with Gasteiger partial charge in [-0.3, -0.25) is 9.59 Å². The quantitative estimate of drug-likeness (QED) is 0.604. The molecule has 0 bridgehead atoms. The smallest absolute Gasteiger partial charge is 0.241 e. The van der Waals surface area contributed by atoms with Crippen molar-refractivity contribution in [3.63, 3.8) is 0 Å². The van der Waals surface area contributed by atoms with Gasteiger partial charge in [-0.1, -0.05) is 0 Å². The Hall–Kier alpha value is -2.04. The normalized spacial score (nSPS) is 10.5. The molecule has 0 aromatic heterocycles. The number of carbonyl (C=O) groups excluding carboxylic acids is 2. The Kier molecular flexibility index (Phi) is 3.28.